The molecule has 0 spiro atoms. The van der Waals surface area contributed by atoms with Gasteiger partial charge in [-0.1, -0.05) is 20.3 Å². The van der Waals surface area contributed by atoms with Crippen LogP contribution >= 0.6 is 15.9 Å². The highest BCUT2D eigenvalue weighted by Crippen LogP contribution is 2.23. The molecule has 0 amide bonds. The molecule has 116 valence electrons. The molecule has 0 aliphatic rings. The SMILES string of the molecule is CCCC(NCC)c1ccn(Cc2c(Br)c(C)nn2C)c1. The summed E-state index contributed by atoms with van der Waals surface area (Å²) in [6.45, 7) is 8.26. The van der Waals surface area contributed by atoms with Crippen molar-refractivity contribution < 1.29 is 0 Å². The zero-order chi connectivity index (χ0) is 15.4. The predicted octanol–water partition coefficient (Wildman–Crippen LogP) is 3.79. The minimum atomic E-state index is 0.456. The lowest BCUT2D eigenvalue weighted by atomic mass is 10.1. The standard InChI is InChI=1S/C16H25BrN4/c1-5-7-14(18-6-2)13-8-9-21(10-13)11-15-16(17)12(3)19-20(15)4/h8-10,14,18H,5-7,11H2,1-4H3. The second-order valence-electron chi connectivity index (χ2n) is 5.49. The number of aromatic nitrogens is 3. The molecule has 4 nitrogen and oxygen atoms in total. The highest BCUT2D eigenvalue weighted by molar-refractivity contribution is 9.10. The second-order valence-corrected chi connectivity index (χ2v) is 6.28. The lowest BCUT2D eigenvalue weighted by molar-refractivity contribution is 0.508. The van der Waals surface area contributed by atoms with Crippen molar-refractivity contribution in [2.75, 3.05) is 6.54 Å². The Morgan fingerprint density at radius 3 is 2.71 bits per heavy atom. The fourth-order valence-electron chi connectivity index (χ4n) is 2.71. The molecule has 0 aliphatic heterocycles. The Labute approximate surface area is 135 Å². The summed E-state index contributed by atoms with van der Waals surface area (Å²) in [7, 11) is 2.00. The van der Waals surface area contributed by atoms with Crippen LogP contribution in [0.1, 0.15) is 49.7 Å². The molecule has 1 N–H and O–H groups in total. The van der Waals surface area contributed by atoms with Gasteiger partial charge in [0, 0.05) is 25.5 Å². The second kappa shape index (κ2) is 7.27. The Balaban J connectivity index is 2.15. The number of nitrogens with zero attached hydrogens (tertiary/aromatic N) is 3. The topological polar surface area (TPSA) is 34.8 Å². The zero-order valence-electron chi connectivity index (χ0n) is 13.4. The van der Waals surface area contributed by atoms with E-state index in [2.05, 4.69) is 63.2 Å². The predicted molar refractivity (Wildman–Crippen MR) is 90.5 cm³/mol. The van der Waals surface area contributed by atoms with Gasteiger partial charge in [-0.25, -0.2) is 0 Å². The Morgan fingerprint density at radius 1 is 1.38 bits per heavy atom. The quantitative estimate of drug-likeness (QED) is 0.822. The number of hydrogen-bond acceptors (Lipinski definition) is 2. The van der Waals surface area contributed by atoms with Crippen LogP contribution in [0.25, 0.3) is 0 Å². The molecule has 2 aromatic rings. The Morgan fingerprint density at radius 2 is 2.14 bits per heavy atom. The van der Waals surface area contributed by atoms with Gasteiger partial charge in [0.2, 0.25) is 0 Å². The average molecular weight is 353 g/mol. The first-order valence-electron chi connectivity index (χ1n) is 7.63. The van der Waals surface area contributed by atoms with E-state index in [4.69, 9.17) is 0 Å². The third kappa shape index (κ3) is 3.77. The van der Waals surface area contributed by atoms with E-state index in [0.29, 0.717) is 6.04 Å². The van der Waals surface area contributed by atoms with E-state index in [9.17, 15) is 0 Å². The summed E-state index contributed by atoms with van der Waals surface area (Å²) in [5.41, 5.74) is 3.61. The minimum Gasteiger partial charge on any atom is -0.348 e. The van der Waals surface area contributed by atoms with Crippen molar-refractivity contribution in [1.29, 1.82) is 0 Å². The Hall–Kier alpha value is -1.07. The van der Waals surface area contributed by atoms with Crippen LogP contribution in [-0.2, 0) is 13.6 Å². The van der Waals surface area contributed by atoms with Gasteiger partial charge in [0.05, 0.1) is 22.4 Å². The van der Waals surface area contributed by atoms with Gasteiger partial charge >= 0.3 is 0 Å². The first-order valence-corrected chi connectivity index (χ1v) is 8.43. The van der Waals surface area contributed by atoms with Gasteiger partial charge in [-0.05, 0) is 47.4 Å². The number of aryl methyl sites for hydroxylation is 2. The molecular weight excluding hydrogens is 328 g/mol. The molecule has 0 aliphatic carbocycles. The molecule has 0 fully saturated rings. The summed E-state index contributed by atoms with van der Waals surface area (Å²) in [4.78, 5) is 0. The van der Waals surface area contributed by atoms with Crippen LogP contribution in [0.3, 0.4) is 0 Å². The number of rotatable bonds is 7. The van der Waals surface area contributed by atoms with Gasteiger partial charge in [-0.3, -0.25) is 4.68 Å². The van der Waals surface area contributed by atoms with E-state index in [1.54, 1.807) is 0 Å². The van der Waals surface area contributed by atoms with E-state index in [0.717, 1.165) is 23.3 Å². The molecule has 0 radical (unpaired) electrons. The van der Waals surface area contributed by atoms with Gasteiger partial charge in [0.1, 0.15) is 0 Å². The van der Waals surface area contributed by atoms with Gasteiger partial charge in [-0.15, -0.1) is 0 Å². The van der Waals surface area contributed by atoms with E-state index >= 15 is 0 Å². The van der Waals surface area contributed by atoms with Gasteiger partial charge in [-0.2, -0.15) is 5.10 Å². The summed E-state index contributed by atoms with van der Waals surface area (Å²) in [6.07, 6.45) is 6.77. The summed E-state index contributed by atoms with van der Waals surface area (Å²) < 4.78 is 5.29. The van der Waals surface area contributed by atoms with Crippen LogP contribution in [0.4, 0.5) is 0 Å². The molecule has 0 bridgehead atoms. The van der Waals surface area contributed by atoms with Crippen LogP contribution < -0.4 is 5.32 Å². The molecular formula is C16H25BrN4. The van der Waals surface area contributed by atoms with E-state index in [-0.39, 0.29) is 0 Å². The van der Waals surface area contributed by atoms with Crippen molar-refractivity contribution >= 4 is 15.9 Å². The van der Waals surface area contributed by atoms with Gasteiger partial charge < -0.3 is 9.88 Å². The normalized spacial score (nSPS) is 12.8. The van der Waals surface area contributed by atoms with Crippen molar-refractivity contribution in [3.8, 4) is 0 Å². The number of hydrogen-bond donors (Lipinski definition) is 1. The average Bonchev–Trinajstić information content (AvgIpc) is 3.00. The lowest BCUT2D eigenvalue weighted by Gasteiger charge is -2.15. The van der Waals surface area contributed by atoms with E-state index < -0.39 is 0 Å². The van der Waals surface area contributed by atoms with Crippen molar-refractivity contribution in [2.45, 2.75) is 46.2 Å². The summed E-state index contributed by atoms with van der Waals surface area (Å²) in [5, 5.41) is 8.02. The maximum atomic E-state index is 4.45. The number of halogens is 1. The molecule has 2 heterocycles. The third-order valence-corrected chi connectivity index (χ3v) is 4.83. The lowest BCUT2D eigenvalue weighted by Crippen LogP contribution is -2.20. The molecule has 0 saturated heterocycles. The van der Waals surface area contributed by atoms with Crippen LogP contribution in [0, 0.1) is 6.92 Å². The molecule has 21 heavy (non-hydrogen) atoms. The summed E-state index contributed by atoms with van der Waals surface area (Å²) >= 11 is 3.63. The molecule has 0 saturated carbocycles. The van der Waals surface area contributed by atoms with Gasteiger partial charge in [0.15, 0.2) is 0 Å². The van der Waals surface area contributed by atoms with Gasteiger partial charge in [0.25, 0.3) is 0 Å². The molecule has 5 heteroatoms. The summed E-state index contributed by atoms with van der Waals surface area (Å²) in [6, 6.07) is 2.68. The molecule has 2 aromatic heterocycles. The first-order chi connectivity index (χ1) is 10.1. The van der Waals surface area contributed by atoms with Crippen LogP contribution in [0.15, 0.2) is 22.9 Å². The monoisotopic (exact) mass is 352 g/mol. The Kier molecular flexibility index (Phi) is 5.65. The van der Waals surface area contributed by atoms with Crippen molar-refractivity contribution in [3.63, 3.8) is 0 Å². The van der Waals surface area contributed by atoms with Crippen LogP contribution in [-0.4, -0.2) is 20.9 Å². The summed E-state index contributed by atoms with van der Waals surface area (Å²) in [5.74, 6) is 0. The fourth-order valence-corrected chi connectivity index (χ4v) is 3.17. The van der Waals surface area contributed by atoms with E-state index in [1.807, 2.05) is 18.7 Å². The van der Waals surface area contributed by atoms with Crippen LogP contribution in [0.5, 0.6) is 0 Å². The van der Waals surface area contributed by atoms with Crippen LogP contribution in [0.2, 0.25) is 0 Å². The zero-order valence-corrected chi connectivity index (χ0v) is 14.9. The molecule has 2 rings (SSSR count). The maximum absolute atomic E-state index is 4.45. The smallest absolute Gasteiger partial charge is 0.0739 e. The maximum Gasteiger partial charge on any atom is 0.0739 e. The minimum absolute atomic E-state index is 0.456. The Bertz CT molecular complexity index is 579. The molecule has 0 aromatic carbocycles. The van der Waals surface area contributed by atoms with Crippen molar-refractivity contribution in [1.82, 2.24) is 19.7 Å². The first kappa shape index (κ1) is 16.3. The molecule has 1 atom stereocenters. The molecule has 1 unspecified atom stereocenters. The fraction of sp³-hybridized carbons (Fsp3) is 0.562. The number of nitrogens with one attached hydrogen (secondary N) is 1. The van der Waals surface area contributed by atoms with E-state index in [1.165, 1.54) is 24.1 Å². The highest BCUT2D eigenvalue weighted by atomic mass is 79.9. The van der Waals surface area contributed by atoms with Crippen molar-refractivity contribution in [3.05, 3.63) is 39.9 Å². The highest BCUT2D eigenvalue weighted by Gasteiger charge is 2.13. The third-order valence-electron chi connectivity index (χ3n) is 3.80. The van der Waals surface area contributed by atoms with Crippen molar-refractivity contribution in [2.24, 2.45) is 7.05 Å². The largest absolute Gasteiger partial charge is 0.348 e.